The second-order valence-corrected chi connectivity index (χ2v) is 7.89. The minimum Gasteiger partial charge on any atom is -0.338 e. The molecule has 2 heterocycles. The van der Waals surface area contributed by atoms with E-state index >= 15 is 0 Å². The summed E-state index contributed by atoms with van der Waals surface area (Å²) in [5.41, 5.74) is 0. The van der Waals surface area contributed by atoms with Gasteiger partial charge in [0, 0.05) is 30.6 Å². The lowest BCUT2D eigenvalue weighted by Gasteiger charge is -2.26. The van der Waals surface area contributed by atoms with Crippen LogP contribution in [-0.4, -0.2) is 41.6 Å². The summed E-state index contributed by atoms with van der Waals surface area (Å²) in [6.45, 7) is 2.74. The number of hydrogen-bond donors (Lipinski definition) is 1. The highest BCUT2D eigenvalue weighted by molar-refractivity contribution is 8.77. The van der Waals surface area contributed by atoms with E-state index in [1.54, 1.807) is 0 Å². The molecule has 2 saturated heterocycles. The van der Waals surface area contributed by atoms with Crippen molar-refractivity contribution in [2.24, 2.45) is 0 Å². The largest absolute Gasteiger partial charge is 0.338 e. The van der Waals surface area contributed by atoms with Crippen molar-refractivity contribution in [1.29, 1.82) is 0 Å². The van der Waals surface area contributed by atoms with Gasteiger partial charge in [-0.25, -0.2) is 4.79 Å². The van der Waals surface area contributed by atoms with Crippen molar-refractivity contribution in [2.45, 2.75) is 50.2 Å². The molecule has 5 heteroatoms. The highest BCUT2D eigenvalue weighted by atomic mass is 33.1. The minimum absolute atomic E-state index is 0.153. The van der Waals surface area contributed by atoms with Crippen LogP contribution in [0.4, 0.5) is 4.79 Å². The predicted octanol–water partition coefficient (Wildman–Crippen LogP) is 3.51. The summed E-state index contributed by atoms with van der Waals surface area (Å²) in [5.74, 6) is 1.32. The molecule has 2 aliphatic rings. The van der Waals surface area contributed by atoms with Crippen molar-refractivity contribution < 1.29 is 4.79 Å². The number of nitrogens with one attached hydrogen (secondary N) is 1. The number of unbranched alkanes of at least 4 members (excludes halogenated alkanes) is 1. The number of carbonyl (C=O) groups excluding carboxylic acids is 1. The number of likely N-dealkylation sites (tertiary alicyclic amines) is 1. The average Bonchev–Trinajstić information content (AvgIpc) is 2.92. The molecule has 0 aromatic carbocycles. The molecular weight excluding hydrogens is 264 g/mol. The van der Waals surface area contributed by atoms with Crippen molar-refractivity contribution in [3.8, 4) is 0 Å². The first kappa shape index (κ1) is 14.4. The summed E-state index contributed by atoms with van der Waals surface area (Å²) in [4.78, 5) is 13.8. The molecule has 0 aromatic rings. The number of urea groups is 1. The topological polar surface area (TPSA) is 32.3 Å². The molecule has 18 heavy (non-hydrogen) atoms. The van der Waals surface area contributed by atoms with E-state index in [4.69, 9.17) is 0 Å². The summed E-state index contributed by atoms with van der Waals surface area (Å²) >= 11 is 0. The fourth-order valence-electron chi connectivity index (χ4n) is 2.47. The molecule has 3 nitrogen and oxygen atoms in total. The Labute approximate surface area is 118 Å². The summed E-state index contributed by atoms with van der Waals surface area (Å²) < 4.78 is 0. The first-order valence-electron chi connectivity index (χ1n) is 7.17. The number of rotatable bonds is 5. The van der Waals surface area contributed by atoms with Crippen molar-refractivity contribution in [2.75, 3.05) is 25.4 Å². The van der Waals surface area contributed by atoms with Gasteiger partial charge in [0.25, 0.3) is 0 Å². The standard InChI is InChI=1S/C13H24N2OS2/c16-13(15-9-4-1-5-10-15)14-8-3-2-6-12-7-11-17-18-12/h12H,1-11H2,(H,14,16). The van der Waals surface area contributed by atoms with E-state index in [1.165, 1.54) is 44.3 Å². The maximum Gasteiger partial charge on any atom is 0.317 e. The second-order valence-electron chi connectivity index (χ2n) is 5.10. The average molecular weight is 288 g/mol. The molecule has 2 aliphatic heterocycles. The lowest BCUT2D eigenvalue weighted by Crippen LogP contribution is -2.43. The van der Waals surface area contributed by atoms with Crippen LogP contribution < -0.4 is 5.32 Å². The Morgan fingerprint density at radius 2 is 2.06 bits per heavy atom. The van der Waals surface area contributed by atoms with Gasteiger partial charge in [0.05, 0.1) is 0 Å². The lowest BCUT2D eigenvalue weighted by molar-refractivity contribution is 0.186. The van der Waals surface area contributed by atoms with E-state index in [-0.39, 0.29) is 6.03 Å². The number of amides is 2. The van der Waals surface area contributed by atoms with Gasteiger partial charge in [-0.1, -0.05) is 28.0 Å². The fourth-order valence-corrected chi connectivity index (χ4v) is 5.49. The molecule has 0 bridgehead atoms. The van der Waals surface area contributed by atoms with Crippen LogP contribution in [0.15, 0.2) is 0 Å². The van der Waals surface area contributed by atoms with Gasteiger partial charge >= 0.3 is 6.03 Å². The van der Waals surface area contributed by atoms with E-state index in [0.29, 0.717) is 0 Å². The number of nitrogens with zero attached hydrogens (tertiary/aromatic N) is 1. The molecule has 2 amide bonds. The maximum absolute atomic E-state index is 11.8. The van der Waals surface area contributed by atoms with Crippen LogP contribution in [-0.2, 0) is 0 Å². The van der Waals surface area contributed by atoms with Crippen LogP contribution in [0.3, 0.4) is 0 Å². The number of piperidine rings is 1. The third-order valence-electron chi connectivity index (χ3n) is 3.60. The van der Waals surface area contributed by atoms with Gasteiger partial charge < -0.3 is 10.2 Å². The van der Waals surface area contributed by atoms with Crippen LogP contribution in [0, 0.1) is 0 Å². The predicted molar refractivity (Wildman–Crippen MR) is 81.1 cm³/mol. The van der Waals surface area contributed by atoms with Gasteiger partial charge in [0.15, 0.2) is 0 Å². The Balaban J connectivity index is 1.48. The molecule has 2 rings (SSSR count). The van der Waals surface area contributed by atoms with E-state index < -0.39 is 0 Å². The Hall–Kier alpha value is -0.0300. The molecule has 1 atom stereocenters. The van der Waals surface area contributed by atoms with Gasteiger partial charge in [0.1, 0.15) is 0 Å². The van der Waals surface area contributed by atoms with Crippen LogP contribution in [0.5, 0.6) is 0 Å². The molecule has 1 unspecified atom stereocenters. The van der Waals surface area contributed by atoms with Crippen molar-refractivity contribution >= 4 is 27.6 Å². The van der Waals surface area contributed by atoms with Crippen molar-refractivity contribution in [3.05, 3.63) is 0 Å². The van der Waals surface area contributed by atoms with E-state index in [0.717, 1.165) is 31.3 Å². The van der Waals surface area contributed by atoms with Crippen LogP contribution in [0.1, 0.15) is 44.9 Å². The molecule has 0 spiro atoms. The zero-order valence-electron chi connectivity index (χ0n) is 11.0. The Morgan fingerprint density at radius 1 is 1.22 bits per heavy atom. The zero-order valence-corrected chi connectivity index (χ0v) is 12.7. The van der Waals surface area contributed by atoms with Gasteiger partial charge in [-0.2, -0.15) is 0 Å². The van der Waals surface area contributed by atoms with Crippen molar-refractivity contribution in [3.63, 3.8) is 0 Å². The third-order valence-corrected chi connectivity index (χ3v) is 6.61. The van der Waals surface area contributed by atoms with Crippen LogP contribution >= 0.6 is 21.6 Å². The van der Waals surface area contributed by atoms with E-state index in [9.17, 15) is 4.79 Å². The summed E-state index contributed by atoms with van der Waals surface area (Å²) in [6, 6.07) is 0.153. The number of hydrogen-bond acceptors (Lipinski definition) is 3. The first-order valence-corrected chi connectivity index (χ1v) is 9.55. The molecule has 1 N–H and O–H groups in total. The highest BCUT2D eigenvalue weighted by Crippen LogP contribution is 2.39. The summed E-state index contributed by atoms with van der Waals surface area (Å²) in [7, 11) is 4.06. The van der Waals surface area contributed by atoms with Crippen molar-refractivity contribution in [1.82, 2.24) is 10.2 Å². The van der Waals surface area contributed by atoms with Gasteiger partial charge in [-0.05, 0) is 38.5 Å². The lowest BCUT2D eigenvalue weighted by atomic mass is 10.1. The summed E-state index contributed by atoms with van der Waals surface area (Å²) in [6.07, 6.45) is 8.68. The maximum atomic E-state index is 11.8. The second kappa shape index (κ2) is 8.20. The van der Waals surface area contributed by atoms with E-state index in [2.05, 4.69) is 16.1 Å². The Morgan fingerprint density at radius 3 is 2.78 bits per heavy atom. The summed E-state index contributed by atoms with van der Waals surface area (Å²) in [5, 5.41) is 3.92. The SMILES string of the molecule is O=C(NCCCCC1CCSS1)N1CCCCC1. The Bertz CT molecular complexity index is 251. The van der Waals surface area contributed by atoms with E-state index in [1.807, 2.05) is 15.7 Å². The highest BCUT2D eigenvalue weighted by Gasteiger charge is 2.17. The van der Waals surface area contributed by atoms with Gasteiger partial charge in [0.2, 0.25) is 0 Å². The first-order chi connectivity index (χ1) is 8.86. The fraction of sp³-hybridized carbons (Fsp3) is 0.923. The number of carbonyl (C=O) groups is 1. The zero-order chi connectivity index (χ0) is 12.6. The molecule has 0 aromatic heterocycles. The molecule has 0 radical (unpaired) electrons. The molecular formula is C13H24N2OS2. The molecule has 0 saturated carbocycles. The van der Waals surface area contributed by atoms with Gasteiger partial charge in [-0.15, -0.1) is 0 Å². The smallest absolute Gasteiger partial charge is 0.317 e. The third kappa shape index (κ3) is 4.92. The minimum atomic E-state index is 0.153. The monoisotopic (exact) mass is 288 g/mol. The van der Waals surface area contributed by atoms with Gasteiger partial charge in [-0.3, -0.25) is 0 Å². The molecule has 0 aliphatic carbocycles. The van der Waals surface area contributed by atoms with Crippen LogP contribution in [0.25, 0.3) is 0 Å². The Kier molecular flexibility index (Phi) is 6.55. The quantitative estimate of drug-likeness (QED) is 0.621. The normalized spacial score (nSPS) is 24.2. The molecule has 2 fully saturated rings. The van der Waals surface area contributed by atoms with Crippen LogP contribution in [0.2, 0.25) is 0 Å². The molecule has 104 valence electrons.